The summed E-state index contributed by atoms with van der Waals surface area (Å²) in [5, 5.41) is 18.9. The summed E-state index contributed by atoms with van der Waals surface area (Å²) in [7, 11) is 0. The summed E-state index contributed by atoms with van der Waals surface area (Å²) in [5.74, 6) is 0. The Balaban J connectivity index is 3.42. The standard InChI is InChI=1S/C6H2IN3O2/c7-6-5(10(11)12)4(3-8)1-2-9-6/h1-2H. The lowest BCUT2D eigenvalue weighted by Gasteiger charge is -1.94. The number of nitro groups is 1. The summed E-state index contributed by atoms with van der Waals surface area (Å²) in [4.78, 5) is 13.5. The molecule has 0 saturated carbocycles. The van der Waals surface area contributed by atoms with E-state index in [1.165, 1.54) is 12.3 Å². The molecule has 0 radical (unpaired) electrons. The average molecular weight is 275 g/mol. The first-order valence-electron chi connectivity index (χ1n) is 2.86. The van der Waals surface area contributed by atoms with Crippen LogP contribution in [0.5, 0.6) is 0 Å². The monoisotopic (exact) mass is 275 g/mol. The van der Waals surface area contributed by atoms with E-state index in [1.54, 1.807) is 28.7 Å². The maximum absolute atomic E-state index is 10.4. The Morgan fingerprint density at radius 3 is 2.83 bits per heavy atom. The lowest BCUT2D eigenvalue weighted by atomic mass is 10.2. The minimum atomic E-state index is -0.604. The van der Waals surface area contributed by atoms with Gasteiger partial charge in [-0.25, -0.2) is 4.98 Å². The normalized spacial score (nSPS) is 9.00. The zero-order valence-electron chi connectivity index (χ0n) is 5.69. The van der Waals surface area contributed by atoms with Crippen LogP contribution in [0.2, 0.25) is 0 Å². The SMILES string of the molecule is N#Cc1ccnc(I)c1[N+](=O)[O-]. The van der Waals surface area contributed by atoms with Gasteiger partial charge in [0.05, 0.1) is 4.92 Å². The molecule has 1 rings (SSSR count). The average Bonchev–Trinajstić information content (AvgIpc) is 2.03. The van der Waals surface area contributed by atoms with Crippen LogP contribution in [0.4, 0.5) is 5.69 Å². The van der Waals surface area contributed by atoms with Gasteiger partial charge in [-0.2, -0.15) is 5.26 Å². The van der Waals surface area contributed by atoms with E-state index in [9.17, 15) is 10.1 Å². The van der Waals surface area contributed by atoms with E-state index in [2.05, 4.69) is 4.98 Å². The Morgan fingerprint density at radius 1 is 1.75 bits per heavy atom. The van der Waals surface area contributed by atoms with Crippen molar-refractivity contribution in [3.05, 3.63) is 31.6 Å². The first kappa shape index (κ1) is 8.86. The van der Waals surface area contributed by atoms with Gasteiger partial charge in [0.1, 0.15) is 11.6 Å². The molecule has 0 spiro atoms. The van der Waals surface area contributed by atoms with Crippen molar-refractivity contribution >= 4 is 28.3 Å². The topological polar surface area (TPSA) is 79.8 Å². The van der Waals surface area contributed by atoms with E-state index in [-0.39, 0.29) is 15.0 Å². The third-order valence-electron chi connectivity index (χ3n) is 1.18. The van der Waals surface area contributed by atoms with Crippen molar-refractivity contribution in [2.24, 2.45) is 0 Å². The van der Waals surface area contributed by atoms with E-state index in [1.807, 2.05) is 0 Å². The number of rotatable bonds is 1. The van der Waals surface area contributed by atoms with Crippen molar-refractivity contribution in [1.29, 1.82) is 5.26 Å². The number of halogens is 1. The van der Waals surface area contributed by atoms with Gasteiger partial charge in [-0.3, -0.25) is 10.1 Å². The Hall–Kier alpha value is -1.23. The number of pyridine rings is 1. The Labute approximate surface area is 81.3 Å². The fourth-order valence-corrected chi connectivity index (χ4v) is 1.34. The molecule has 0 amide bonds. The van der Waals surface area contributed by atoms with Gasteiger partial charge in [0, 0.05) is 6.20 Å². The molecule has 1 heterocycles. The Kier molecular flexibility index (Phi) is 2.54. The van der Waals surface area contributed by atoms with Gasteiger partial charge in [0.25, 0.3) is 0 Å². The lowest BCUT2D eigenvalue weighted by Crippen LogP contribution is -1.96. The smallest absolute Gasteiger partial charge is 0.258 e. The van der Waals surface area contributed by atoms with Gasteiger partial charge >= 0.3 is 5.69 Å². The molecule has 5 nitrogen and oxygen atoms in total. The molecule has 0 aliphatic heterocycles. The second kappa shape index (κ2) is 3.44. The van der Waals surface area contributed by atoms with E-state index in [0.717, 1.165) is 0 Å². The molecule has 0 saturated heterocycles. The van der Waals surface area contributed by atoms with Gasteiger partial charge in [0.2, 0.25) is 0 Å². The third kappa shape index (κ3) is 1.50. The molecule has 60 valence electrons. The van der Waals surface area contributed by atoms with Crippen molar-refractivity contribution in [2.75, 3.05) is 0 Å². The molecule has 0 fully saturated rings. The number of hydrogen-bond acceptors (Lipinski definition) is 4. The van der Waals surface area contributed by atoms with Crippen molar-refractivity contribution in [3.8, 4) is 6.07 Å². The summed E-state index contributed by atoms with van der Waals surface area (Å²) >= 11 is 1.72. The first-order valence-corrected chi connectivity index (χ1v) is 3.93. The van der Waals surface area contributed by atoms with E-state index in [4.69, 9.17) is 5.26 Å². The van der Waals surface area contributed by atoms with Crippen LogP contribution < -0.4 is 0 Å². The number of aromatic nitrogens is 1. The van der Waals surface area contributed by atoms with Gasteiger partial charge in [-0.05, 0) is 28.7 Å². The van der Waals surface area contributed by atoms with Crippen molar-refractivity contribution < 1.29 is 4.92 Å². The molecular weight excluding hydrogens is 273 g/mol. The Bertz CT molecular complexity index is 372. The summed E-state index contributed by atoms with van der Waals surface area (Å²) in [6.07, 6.45) is 1.37. The van der Waals surface area contributed by atoms with Crippen LogP contribution >= 0.6 is 22.6 Å². The maximum atomic E-state index is 10.4. The van der Waals surface area contributed by atoms with Gasteiger partial charge in [-0.1, -0.05) is 0 Å². The highest BCUT2D eigenvalue weighted by Gasteiger charge is 2.18. The fraction of sp³-hybridized carbons (Fsp3) is 0. The molecule has 0 aliphatic rings. The molecular formula is C6H2IN3O2. The second-order valence-corrected chi connectivity index (χ2v) is 2.89. The van der Waals surface area contributed by atoms with Crippen molar-refractivity contribution in [3.63, 3.8) is 0 Å². The van der Waals surface area contributed by atoms with Crippen LogP contribution in [0.3, 0.4) is 0 Å². The van der Waals surface area contributed by atoms with E-state index in [0.29, 0.717) is 0 Å². The van der Waals surface area contributed by atoms with E-state index < -0.39 is 4.92 Å². The molecule has 1 aromatic rings. The van der Waals surface area contributed by atoms with Crippen LogP contribution in [-0.4, -0.2) is 9.91 Å². The van der Waals surface area contributed by atoms with Crippen LogP contribution in [0, 0.1) is 25.1 Å². The zero-order valence-corrected chi connectivity index (χ0v) is 7.85. The minimum Gasteiger partial charge on any atom is -0.258 e. The van der Waals surface area contributed by atoms with Crippen LogP contribution in [0.25, 0.3) is 0 Å². The quantitative estimate of drug-likeness (QED) is 0.336. The highest BCUT2D eigenvalue weighted by molar-refractivity contribution is 14.1. The number of hydrogen-bond donors (Lipinski definition) is 0. The lowest BCUT2D eigenvalue weighted by molar-refractivity contribution is -0.386. The van der Waals surface area contributed by atoms with Gasteiger partial charge in [-0.15, -0.1) is 0 Å². The summed E-state index contributed by atoms with van der Waals surface area (Å²) < 4.78 is 0.233. The first-order chi connectivity index (χ1) is 5.66. The number of nitriles is 1. The van der Waals surface area contributed by atoms with Crippen molar-refractivity contribution in [1.82, 2.24) is 4.98 Å². The molecule has 0 unspecified atom stereocenters. The van der Waals surface area contributed by atoms with Crippen LogP contribution in [-0.2, 0) is 0 Å². The van der Waals surface area contributed by atoms with Crippen LogP contribution in [0.1, 0.15) is 5.56 Å². The highest BCUT2D eigenvalue weighted by atomic mass is 127. The summed E-state index contributed by atoms with van der Waals surface area (Å²) in [6.45, 7) is 0. The Morgan fingerprint density at radius 2 is 2.42 bits per heavy atom. The molecule has 0 bridgehead atoms. The summed E-state index contributed by atoms with van der Waals surface area (Å²) in [5.41, 5.74) is -0.181. The third-order valence-corrected chi connectivity index (χ3v) is 1.97. The van der Waals surface area contributed by atoms with Crippen molar-refractivity contribution in [2.45, 2.75) is 0 Å². The summed E-state index contributed by atoms with van der Waals surface area (Å²) in [6, 6.07) is 3.05. The molecule has 0 N–H and O–H groups in total. The molecule has 12 heavy (non-hydrogen) atoms. The maximum Gasteiger partial charge on any atom is 0.318 e. The second-order valence-electron chi connectivity index (χ2n) is 1.87. The predicted molar refractivity (Wildman–Crippen MR) is 48.3 cm³/mol. The number of nitrogens with zero attached hydrogens (tertiary/aromatic N) is 3. The minimum absolute atomic E-state index is 0.0411. The van der Waals surface area contributed by atoms with Gasteiger partial charge < -0.3 is 0 Å². The van der Waals surface area contributed by atoms with E-state index >= 15 is 0 Å². The predicted octanol–water partition coefficient (Wildman–Crippen LogP) is 1.47. The molecule has 0 aromatic carbocycles. The molecule has 6 heteroatoms. The van der Waals surface area contributed by atoms with Crippen LogP contribution in [0.15, 0.2) is 12.3 Å². The molecule has 0 aliphatic carbocycles. The highest BCUT2D eigenvalue weighted by Crippen LogP contribution is 2.21. The fourth-order valence-electron chi connectivity index (χ4n) is 0.692. The largest absolute Gasteiger partial charge is 0.318 e. The van der Waals surface area contributed by atoms with Gasteiger partial charge in [0.15, 0.2) is 3.70 Å². The molecule has 0 atom stereocenters. The zero-order chi connectivity index (χ0) is 9.14. The molecule has 1 aromatic heterocycles.